The summed E-state index contributed by atoms with van der Waals surface area (Å²) in [5, 5.41) is 3.45. The van der Waals surface area contributed by atoms with Crippen molar-refractivity contribution in [2.45, 2.75) is 13.0 Å². The van der Waals surface area contributed by atoms with Gasteiger partial charge in [0.15, 0.2) is 11.5 Å². The smallest absolute Gasteiger partial charge is 0.168 e. The summed E-state index contributed by atoms with van der Waals surface area (Å²) in [7, 11) is 3.36. The maximum atomic E-state index is 5.57. The van der Waals surface area contributed by atoms with Crippen molar-refractivity contribution in [1.29, 1.82) is 0 Å². The number of ether oxygens (including phenoxy) is 2. The third-order valence-electron chi connectivity index (χ3n) is 3.84. The summed E-state index contributed by atoms with van der Waals surface area (Å²) in [5.41, 5.74) is 5.11. The van der Waals surface area contributed by atoms with Gasteiger partial charge >= 0.3 is 0 Å². The molecule has 0 unspecified atom stereocenters. The van der Waals surface area contributed by atoms with Gasteiger partial charge in [0.1, 0.15) is 0 Å². The minimum atomic E-state index is 0.770. The fourth-order valence-electron chi connectivity index (χ4n) is 2.87. The second-order valence-corrected chi connectivity index (χ2v) is 4.91. The molecule has 1 heterocycles. The first kappa shape index (κ1) is 13.0. The average molecular weight is 269 g/mol. The van der Waals surface area contributed by atoms with Gasteiger partial charge in [-0.2, -0.15) is 0 Å². The van der Waals surface area contributed by atoms with Crippen molar-refractivity contribution in [3.05, 3.63) is 47.5 Å². The van der Waals surface area contributed by atoms with Crippen LogP contribution >= 0.6 is 0 Å². The Morgan fingerprint density at radius 1 is 0.950 bits per heavy atom. The zero-order chi connectivity index (χ0) is 13.9. The SMILES string of the molecule is COc1cccc(-c2cccc3c2CNCC3)c1OC. The first-order chi connectivity index (χ1) is 9.85. The van der Waals surface area contributed by atoms with Crippen LogP contribution in [0.1, 0.15) is 11.1 Å². The molecular formula is C17H19NO2. The molecule has 0 saturated carbocycles. The summed E-state index contributed by atoms with van der Waals surface area (Å²) in [4.78, 5) is 0. The van der Waals surface area contributed by atoms with E-state index in [2.05, 4.69) is 29.6 Å². The molecule has 2 aromatic carbocycles. The summed E-state index contributed by atoms with van der Waals surface area (Å²) in [5.74, 6) is 1.57. The lowest BCUT2D eigenvalue weighted by Gasteiger charge is -2.22. The first-order valence-electron chi connectivity index (χ1n) is 6.88. The molecule has 0 fully saturated rings. The third-order valence-corrected chi connectivity index (χ3v) is 3.84. The van der Waals surface area contributed by atoms with E-state index in [4.69, 9.17) is 9.47 Å². The Bertz CT molecular complexity index is 585. The van der Waals surface area contributed by atoms with E-state index >= 15 is 0 Å². The van der Waals surface area contributed by atoms with Gasteiger partial charge in [-0.1, -0.05) is 30.3 Å². The van der Waals surface area contributed by atoms with Gasteiger partial charge in [-0.05, 0) is 35.7 Å². The minimum absolute atomic E-state index is 0.770. The molecule has 0 aromatic heterocycles. The van der Waals surface area contributed by atoms with Gasteiger partial charge in [0.25, 0.3) is 0 Å². The lowest BCUT2D eigenvalue weighted by molar-refractivity contribution is 0.356. The van der Waals surface area contributed by atoms with Gasteiger partial charge in [0, 0.05) is 12.1 Å². The van der Waals surface area contributed by atoms with Crippen molar-refractivity contribution < 1.29 is 9.47 Å². The number of hydrogen-bond acceptors (Lipinski definition) is 3. The van der Waals surface area contributed by atoms with Gasteiger partial charge < -0.3 is 14.8 Å². The number of nitrogens with one attached hydrogen (secondary N) is 1. The molecule has 1 N–H and O–H groups in total. The maximum Gasteiger partial charge on any atom is 0.168 e. The van der Waals surface area contributed by atoms with Crippen molar-refractivity contribution in [3.8, 4) is 22.6 Å². The number of methoxy groups -OCH3 is 2. The number of fused-ring (bicyclic) bond motifs is 1. The Hall–Kier alpha value is -2.00. The summed E-state index contributed by atoms with van der Waals surface area (Å²) in [6.45, 7) is 1.96. The predicted molar refractivity (Wildman–Crippen MR) is 80.4 cm³/mol. The van der Waals surface area contributed by atoms with Gasteiger partial charge in [0.2, 0.25) is 0 Å². The molecule has 0 radical (unpaired) electrons. The zero-order valence-corrected chi connectivity index (χ0v) is 11.9. The standard InChI is InChI=1S/C17H19NO2/c1-19-16-8-4-7-14(17(16)20-2)13-6-3-5-12-9-10-18-11-15(12)13/h3-8,18H,9-11H2,1-2H3. The molecular weight excluding hydrogens is 250 g/mol. The van der Waals surface area contributed by atoms with Crippen LogP contribution in [0.5, 0.6) is 11.5 Å². The van der Waals surface area contributed by atoms with E-state index in [1.807, 2.05) is 12.1 Å². The summed E-state index contributed by atoms with van der Waals surface area (Å²) in [6, 6.07) is 12.5. The molecule has 3 heteroatoms. The van der Waals surface area contributed by atoms with E-state index in [0.717, 1.165) is 36.6 Å². The molecule has 0 atom stereocenters. The highest BCUT2D eigenvalue weighted by molar-refractivity contribution is 5.77. The molecule has 0 spiro atoms. The van der Waals surface area contributed by atoms with Gasteiger partial charge in [-0.15, -0.1) is 0 Å². The molecule has 3 rings (SSSR count). The van der Waals surface area contributed by atoms with Crippen LogP contribution in [-0.2, 0) is 13.0 Å². The van der Waals surface area contributed by atoms with Crippen molar-refractivity contribution in [1.82, 2.24) is 5.32 Å². The van der Waals surface area contributed by atoms with Gasteiger partial charge in [-0.3, -0.25) is 0 Å². The molecule has 0 aliphatic carbocycles. The summed E-state index contributed by atoms with van der Waals surface area (Å²) >= 11 is 0. The van der Waals surface area contributed by atoms with Crippen molar-refractivity contribution in [2.24, 2.45) is 0 Å². The largest absolute Gasteiger partial charge is 0.493 e. The van der Waals surface area contributed by atoms with Crippen LogP contribution in [0.25, 0.3) is 11.1 Å². The zero-order valence-electron chi connectivity index (χ0n) is 11.9. The number of benzene rings is 2. The maximum absolute atomic E-state index is 5.57. The van der Waals surface area contributed by atoms with E-state index < -0.39 is 0 Å². The van der Waals surface area contributed by atoms with E-state index in [1.165, 1.54) is 16.7 Å². The highest BCUT2D eigenvalue weighted by atomic mass is 16.5. The molecule has 20 heavy (non-hydrogen) atoms. The number of para-hydroxylation sites is 1. The second kappa shape index (κ2) is 5.55. The Morgan fingerprint density at radius 2 is 1.75 bits per heavy atom. The van der Waals surface area contributed by atoms with Crippen molar-refractivity contribution in [3.63, 3.8) is 0 Å². The highest BCUT2D eigenvalue weighted by Gasteiger charge is 2.17. The van der Waals surface area contributed by atoms with Crippen LogP contribution in [0.3, 0.4) is 0 Å². The summed E-state index contributed by atoms with van der Waals surface area (Å²) in [6.07, 6.45) is 1.08. The Labute approximate surface area is 119 Å². The molecule has 1 aliphatic heterocycles. The average Bonchev–Trinajstić information content (AvgIpc) is 2.53. The molecule has 0 amide bonds. The minimum Gasteiger partial charge on any atom is -0.493 e. The van der Waals surface area contributed by atoms with E-state index in [-0.39, 0.29) is 0 Å². The normalized spacial score (nSPS) is 13.7. The van der Waals surface area contributed by atoms with E-state index in [1.54, 1.807) is 14.2 Å². The fraction of sp³-hybridized carbons (Fsp3) is 0.294. The topological polar surface area (TPSA) is 30.5 Å². The van der Waals surface area contributed by atoms with Crippen LogP contribution < -0.4 is 14.8 Å². The Kier molecular flexibility index (Phi) is 3.61. The molecule has 104 valence electrons. The molecule has 2 aromatic rings. The van der Waals surface area contributed by atoms with Gasteiger partial charge in [-0.25, -0.2) is 0 Å². The van der Waals surface area contributed by atoms with Crippen molar-refractivity contribution >= 4 is 0 Å². The van der Waals surface area contributed by atoms with Crippen LogP contribution in [0.4, 0.5) is 0 Å². The Morgan fingerprint density at radius 3 is 2.55 bits per heavy atom. The lowest BCUT2D eigenvalue weighted by atomic mass is 9.91. The third kappa shape index (κ3) is 2.14. The van der Waals surface area contributed by atoms with Gasteiger partial charge in [0.05, 0.1) is 14.2 Å². The van der Waals surface area contributed by atoms with Crippen LogP contribution in [0.15, 0.2) is 36.4 Å². The van der Waals surface area contributed by atoms with Crippen molar-refractivity contribution in [2.75, 3.05) is 20.8 Å². The van der Waals surface area contributed by atoms with Crippen LogP contribution in [0.2, 0.25) is 0 Å². The molecule has 1 aliphatic rings. The Balaban J connectivity index is 2.19. The van der Waals surface area contributed by atoms with E-state index in [0.29, 0.717) is 0 Å². The lowest BCUT2D eigenvalue weighted by Crippen LogP contribution is -2.24. The highest BCUT2D eigenvalue weighted by Crippen LogP contribution is 2.40. The van der Waals surface area contributed by atoms with Crippen LogP contribution in [-0.4, -0.2) is 20.8 Å². The monoisotopic (exact) mass is 269 g/mol. The number of hydrogen-bond donors (Lipinski definition) is 1. The molecule has 0 saturated heterocycles. The number of rotatable bonds is 3. The fourth-order valence-corrected chi connectivity index (χ4v) is 2.87. The van der Waals surface area contributed by atoms with Crippen LogP contribution in [0, 0.1) is 0 Å². The molecule has 0 bridgehead atoms. The first-order valence-corrected chi connectivity index (χ1v) is 6.88. The predicted octanol–water partition coefficient (Wildman–Crippen LogP) is 3.02. The molecule has 3 nitrogen and oxygen atoms in total. The summed E-state index contributed by atoms with van der Waals surface area (Å²) < 4.78 is 11.0. The quantitative estimate of drug-likeness (QED) is 0.929. The van der Waals surface area contributed by atoms with E-state index in [9.17, 15) is 0 Å². The second-order valence-electron chi connectivity index (χ2n) is 4.91.